The van der Waals surface area contributed by atoms with Crippen LogP contribution in [-0.4, -0.2) is 24.3 Å². The van der Waals surface area contributed by atoms with Crippen LogP contribution in [-0.2, 0) is 9.53 Å². The lowest BCUT2D eigenvalue weighted by atomic mass is 10.2. The fourth-order valence-electron chi connectivity index (χ4n) is 0.687. The van der Waals surface area contributed by atoms with Crippen molar-refractivity contribution in [3.8, 4) is 0 Å². The van der Waals surface area contributed by atoms with E-state index >= 15 is 0 Å². The van der Waals surface area contributed by atoms with Gasteiger partial charge in [0.05, 0.1) is 4.48 Å². The van der Waals surface area contributed by atoms with E-state index in [1.807, 2.05) is 0 Å². The second-order valence-electron chi connectivity index (χ2n) is 2.38. The predicted molar refractivity (Wildman–Crippen MR) is 50.4 cm³/mol. The first-order chi connectivity index (χ1) is 5.64. The second kappa shape index (κ2) is 7.31. The Morgan fingerprint density at radius 2 is 1.75 bits per heavy atom. The van der Waals surface area contributed by atoms with Crippen LogP contribution in [0.1, 0.15) is 19.3 Å². The first kappa shape index (κ1) is 11.6. The van der Waals surface area contributed by atoms with E-state index in [4.69, 9.17) is 9.84 Å². The zero-order chi connectivity index (χ0) is 9.40. The first-order valence-electron chi connectivity index (χ1n) is 3.80. The van der Waals surface area contributed by atoms with Gasteiger partial charge in [-0.3, -0.25) is 0 Å². The van der Waals surface area contributed by atoms with E-state index in [2.05, 4.69) is 22.5 Å². The van der Waals surface area contributed by atoms with Gasteiger partial charge >= 0.3 is 5.97 Å². The maximum atomic E-state index is 9.55. The number of hydrogen-bond donors (Lipinski definition) is 1. The fourth-order valence-corrected chi connectivity index (χ4v) is 0.687. The molecule has 1 aliphatic rings. The van der Waals surface area contributed by atoms with Crippen LogP contribution in [0.4, 0.5) is 0 Å². The average Bonchev–Trinajstić information content (AvgIpc) is 2.08. The Morgan fingerprint density at radius 3 is 1.83 bits per heavy atom. The Bertz CT molecular complexity index is 129. The van der Waals surface area contributed by atoms with Crippen molar-refractivity contribution in [3.63, 3.8) is 0 Å². The quantitative estimate of drug-likeness (QED) is 0.711. The SMILES string of the molecule is C1CCOCC1.C=C(Br)C(=O)O. The Labute approximate surface area is 80.5 Å². The molecule has 1 saturated heterocycles. The summed E-state index contributed by atoms with van der Waals surface area (Å²) < 4.78 is 5.06. The Kier molecular flexibility index (Phi) is 7.09. The summed E-state index contributed by atoms with van der Waals surface area (Å²) in [7, 11) is 0. The third-order valence-electron chi connectivity index (χ3n) is 1.31. The number of aliphatic carboxylic acids is 1. The zero-order valence-corrected chi connectivity index (χ0v) is 8.47. The Hall–Kier alpha value is -0.350. The number of halogens is 1. The number of carbonyl (C=O) groups is 1. The van der Waals surface area contributed by atoms with Crippen molar-refractivity contribution < 1.29 is 14.6 Å². The summed E-state index contributed by atoms with van der Waals surface area (Å²) in [5.41, 5.74) is 0. The molecule has 1 heterocycles. The molecule has 70 valence electrons. The van der Waals surface area contributed by atoms with E-state index in [1.165, 1.54) is 19.3 Å². The molecule has 0 bridgehead atoms. The highest BCUT2D eigenvalue weighted by atomic mass is 79.9. The van der Waals surface area contributed by atoms with Gasteiger partial charge in [-0.15, -0.1) is 0 Å². The van der Waals surface area contributed by atoms with Gasteiger partial charge in [0.25, 0.3) is 0 Å². The summed E-state index contributed by atoms with van der Waals surface area (Å²) in [4.78, 5) is 9.55. The summed E-state index contributed by atoms with van der Waals surface area (Å²) in [6.07, 6.45) is 3.93. The number of carboxylic acid groups (broad SMARTS) is 1. The minimum atomic E-state index is -1.02. The zero-order valence-electron chi connectivity index (χ0n) is 6.88. The summed E-state index contributed by atoms with van der Waals surface area (Å²) >= 11 is 2.64. The van der Waals surface area contributed by atoms with Gasteiger partial charge < -0.3 is 9.84 Å². The Morgan fingerprint density at radius 1 is 1.33 bits per heavy atom. The van der Waals surface area contributed by atoms with Crippen molar-refractivity contribution in [1.82, 2.24) is 0 Å². The number of hydrogen-bond acceptors (Lipinski definition) is 2. The van der Waals surface area contributed by atoms with Gasteiger partial charge in [-0.1, -0.05) is 6.58 Å². The molecule has 12 heavy (non-hydrogen) atoms. The maximum Gasteiger partial charge on any atom is 0.342 e. The number of carboxylic acids is 1. The standard InChI is InChI=1S/C5H10O.C3H3BrO2/c1-2-4-6-5-3-1;1-2(4)3(5)6/h1-5H2;1H2,(H,5,6). The fraction of sp³-hybridized carbons (Fsp3) is 0.625. The first-order valence-corrected chi connectivity index (χ1v) is 4.59. The molecule has 3 nitrogen and oxygen atoms in total. The number of rotatable bonds is 1. The molecule has 1 N–H and O–H groups in total. The average molecular weight is 237 g/mol. The van der Waals surface area contributed by atoms with E-state index in [1.54, 1.807) is 0 Å². The second-order valence-corrected chi connectivity index (χ2v) is 3.34. The molecule has 0 atom stereocenters. The van der Waals surface area contributed by atoms with Crippen LogP contribution in [0.2, 0.25) is 0 Å². The molecule has 0 aromatic heterocycles. The topological polar surface area (TPSA) is 46.5 Å². The third-order valence-corrected chi connectivity index (χ3v) is 1.65. The summed E-state index contributed by atoms with van der Waals surface area (Å²) in [6, 6.07) is 0. The normalized spacial score (nSPS) is 15.8. The van der Waals surface area contributed by atoms with E-state index in [-0.39, 0.29) is 4.48 Å². The predicted octanol–water partition coefficient (Wildman–Crippen LogP) is 2.17. The monoisotopic (exact) mass is 236 g/mol. The van der Waals surface area contributed by atoms with Gasteiger partial charge in [0, 0.05) is 13.2 Å². The minimum absolute atomic E-state index is 0.0116. The molecule has 0 spiro atoms. The van der Waals surface area contributed by atoms with Crippen molar-refractivity contribution in [2.24, 2.45) is 0 Å². The largest absolute Gasteiger partial charge is 0.477 e. The smallest absolute Gasteiger partial charge is 0.342 e. The molecule has 4 heteroatoms. The highest BCUT2D eigenvalue weighted by molar-refractivity contribution is 9.12. The molecule has 1 rings (SSSR count). The van der Waals surface area contributed by atoms with Crippen molar-refractivity contribution >= 4 is 21.9 Å². The summed E-state index contributed by atoms with van der Waals surface area (Å²) in [5.74, 6) is -1.02. The summed E-state index contributed by atoms with van der Waals surface area (Å²) in [6.45, 7) is 5.07. The van der Waals surface area contributed by atoms with Crippen molar-refractivity contribution in [1.29, 1.82) is 0 Å². The van der Waals surface area contributed by atoms with Crippen molar-refractivity contribution in [2.75, 3.05) is 13.2 Å². The van der Waals surface area contributed by atoms with Crippen LogP contribution in [0.5, 0.6) is 0 Å². The van der Waals surface area contributed by atoms with Gasteiger partial charge in [-0.05, 0) is 35.2 Å². The van der Waals surface area contributed by atoms with Crippen molar-refractivity contribution in [2.45, 2.75) is 19.3 Å². The number of ether oxygens (including phenoxy) is 1. The third kappa shape index (κ3) is 7.75. The van der Waals surface area contributed by atoms with Crippen LogP contribution < -0.4 is 0 Å². The van der Waals surface area contributed by atoms with E-state index in [0.717, 1.165) is 13.2 Å². The van der Waals surface area contributed by atoms with E-state index in [0.29, 0.717) is 0 Å². The van der Waals surface area contributed by atoms with Crippen LogP contribution >= 0.6 is 15.9 Å². The molecule has 0 aliphatic carbocycles. The molecular formula is C8H13BrO3. The van der Waals surface area contributed by atoms with E-state index < -0.39 is 5.97 Å². The van der Waals surface area contributed by atoms with Gasteiger partial charge in [-0.2, -0.15) is 0 Å². The lowest BCUT2D eigenvalue weighted by Crippen LogP contribution is -2.03. The molecule has 0 aromatic carbocycles. The summed E-state index contributed by atoms with van der Waals surface area (Å²) in [5, 5.41) is 7.84. The molecule has 1 aliphatic heterocycles. The van der Waals surface area contributed by atoms with Crippen LogP contribution in [0.25, 0.3) is 0 Å². The van der Waals surface area contributed by atoms with E-state index in [9.17, 15) is 4.79 Å². The van der Waals surface area contributed by atoms with Gasteiger partial charge in [0.1, 0.15) is 0 Å². The lowest BCUT2D eigenvalue weighted by Gasteiger charge is -2.08. The maximum absolute atomic E-state index is 9.55. The van der Waals surface area contributed by atoms with Gasteiger partial charge in [0.2, 0.25) is 0 Å². The molecule has 0 radical (unpaired) electrons. The van der Waals surface area contributed by atoms with Crippen LogP contribution in [0.15, 0.2) is 11.1 Å². The van der Waals surface area contributed by atoms with Gasteiger partial charge in [0.15, 0.2) is 0 Å². The molecular weight excluding hydrogens is 224 g/mol. The lowest BCUT2D eigenvalue weighted by molar-refractivity contribution is -0.131. The molecule has 0 unspecified atom stereocenters. The highest BCUT2D eigenvalue weighted by Crippen LogP contribution is 2.02. The van der Waals surface area contributed by atoms with Crippen LogP contribution in [0, 0.1) is 0 Å². The molecule has 0 saturated carbocycles. The van der Waals surface area contributed by atoms with Gasteiger partial charge in [-0.25, -0.2) is 4.79 Å². The van der Waals surface area contributed by atoms with Crippen LogP contribution in [0.3, 0.4) is 0 Å². The minimum Gasteiger partial charge on any atom is -0.477 e. The van der Waals surface area contributed by atoms with Crippen molar-refractivity contribution in [3.05, 3.63) is 11.1 Å². The molecule has 1 fully saturated rings. The highest BCUT2D eigenvalue weighted by Gasteiger charge is 1.95. The molecule has 0 amide bonds. The Balaban J connectivity index is 0.000000202. The molecule has 0 aromatic rings.